The molecule has 0 radical (unpaired) electrons. The fourth-order valence-corrected chi connectivity index (χ4v) is 4.45. The fraction of sp³-hybridized carbons (Fsp3) is 0.167. The number of para-hydroxylation sites is 1. The third kappa shape index (κ3) is 4.66. The molecular formula is C24H22N2O3S. The summed E-state index contributed by atoms with van der Waals surface area (Å²) in [5.74, 6) is 0.928. The summed E-state index contributed by atoms with van der Waals surface area (Å²) in [6.07, 6.45) is 0. The van der Waals surface area contributed by atoms with Crippen molar-refractivity contribution in [3.05, 3.63) is 90.0 Å². The Labute approximate surface area is 180 Å². The summed E-state index contributed by atoms with van der Waals surface area (Å²) >= 11 is 1.58. The number of hydrogen-bond acceptors (Lipinski definition) is 4. The van der Waals surface area contributed by atoms with Crippen LogP contribution in [0.1, 0.15) is 16.5 Å². The molecule has 152 valence electrons. The molecule has 30 heavy (non-hydrogen) atoms. The smallest absolute Gasteiger partial charge is 0.262 e. The van der Waals surface area contributed by atoms with Crippen molar-refractivity contribution in [3.8, 4) is 5.75 Å². The zero-order chi connectivity index (χ0) is 20.9. The van der Waals surface area contributed by atoms with Gasteiger partial charge in [0, 0.05) is 11.4 Å². The Bertz CT molecular complexity index is 1040. The van der Waals surface area contributed by atoms with Crippen LogP contribution in [0.3, 0.4) is 0 Å². The zero-order valence-corrected chi connectivity index (χ0v) is 17.4. The minimum atomic E-state index is -0.235. The van der Waals surface area contributed by atoms with Crippen LogP contribution >= 0.6 is 11.8 Å². The van der Waals surface area contributed by atoms with Crippen molar-refractivity contribution in [1.82, 2.24) is 0 Å². The monoisotopic (exact) mass is 418 g/mol. The highest BCUT2D eigenvalue weighted by atomic mass is 32.2. The Morgan fingerprint density at radius 1 is 1.07 bits per heavy atom. The van der Waals surface area contributed by atoms with Crippen LogP contribution in [0.4, 0.5) is 11.4 Å². The van der Waals surface area contributed by atoms with Crippen LogP contribution < -0.4 is 15.0 Å². The predicted molar refractivity (Wildman–Crippen MR) is 121 cm³/mol. The maximum absolute atomic E-state index is 12.5. The second-order valence-corrected chi connectivity index (χ2v) is 8.11. The maximum Gasteiger partial charge on any atom is 0.262 e. The van der Waals surface area contributed by atoms with Crippen molar-refractivity contribution >= 4 is 35.0 Å². The molecule has 0 unspecified atom stereocenters. The van der Waals surface area contributed by atoms with Crippen molar-refractivity contribution in [1.29, 1.82) is 0 Å². The van der Waals surface area contributed by atoms with Crippen molar-refractivity contribution in [3.63, 3.8) is 0 Å². The van der Waals surface area contributed by atoms with E-state index >= 15 is 0 Å². The van der Waals surface area contributed by atoms with E-state index in [9.17, 15) is 9.59 Å². The van der Waals surface area contributed by atoms with Crippen LogP contribution in [0.5, 0.6) is 5.75 Å². The molecule has 5 nitrogen and oxygen atoms in total. The second kappa shape index (κ2) is 9.05. The van der Waals surface area contributed by atoms with E-state index in [0.717, 1.165) is 16.8 Å². The van der Waals surface area contributed by atoms with Crippen LogP contribution in [0.25, 0.3) is 0 Å². The zero-order valence-electron chi connectivity index (χ0n) is 16.6. The van der Waals surface area contributed by atoms with E-state index in [0.29, 0.717) is 17.2 Å². The molecule has 0 spiro atoms. The second-order valence-electron chi connectivity index (χ2n) is 7.04. The van der Waals surface area contributed by atoms with Gasteiger partial charge in [-0.2, -0.15) is 0 Å². The molecule has 1 saturated heterocycles. The molecule has 0 aliphatic carbocycles. The third-order valence-electron chi connectivity index (χ3n) is 4.75. The molecule has 0 bridgehead atoms. The van der Waals surface area contributed by atoms with Gasteiger partial charge in [-0.15, -0.1) is 11.8 Å². The first-order chi connectivity index (χ1) is 14.6. The van der Waals surface area contributed by atoms with E-state index in [1.54, 1.807) is 11.8 Å². The summed E-state index contributed by atoms with van der Waals surface area (Å²) in [6.45, 7) is 1.95. The predicted octanol–water partition coefficient (Wildman–Crippen LogP) is 4.79. The molecule has 1 heterocycles. The molecule has 4 rings (SSSR count). The summed E-state index contributed by atoms with van der Waals surface area (Å²) in [7, 11) is 0. The van der Waals surface area contributed by atoms with Crippen molar-refractivity contribution in [2.45, 2.75) is 12.3 Å². The van der Waals surface area contributed by atoms with Gasteiger partial charge >= 0.3 is 0 Å². The molecular weight excluding hydrogens is 396 g/mol. The summed E-state index contributed by atoms with van der Waals surface area (Å²) < 4.78 is 5.50. The minimum Gasteiger partial charge on any atom is -0.484 e. The lowest BCUT2D eigenvalue weighted by Crippen LogP contribution is -2.27. The van der Waals surface area contributed by atoms with Gasteiger partial charge in [0.25, 0.3) is 5.91 Å². The van der Waals surface area contributed by atoms with Crippen LogP contribution in [0, 0.1) is 6.92 Å². The van der Waals surface area contributed by atoms with Crippen molar-refractivity contribution in [2.24, 2.45) is 0 Å². The van der Waals surface area contributed by atoms with Gasteiger partial charge in [0.05, 0.1) is 5.75 Å². The van der Waals surface area contributed by atoms with E-state index in [1.807, 2.05) is 90.7 Å². The quantitative estimate of drug-likeness (QED) is 0.625. The first kappa shape index (κ1) is 20.0. The summed E-state index contributed by atoms with van der Waals surface area (Å²) in [6, 6.07) is 24.8. The van der Waals surface area contributed by atoms with E-state index in [4.69, 9.17) is 4.74 Å². The molecule has 1 fully saturated rings. The number of carbonyl (C=O) groups is 2. The molecule has 1 N–H and O–H groups in total. The topological polar surface area (TPSA) is 58.6 Å². The number of nitrogens with one attached hydrogen (secondary N) is 1. The lowest BCUT2D eigenvalue weighted by Gasteiger charge is -2.25. The van der Waals surface area contributed by atoms with Gasteiger partial charge in [0.15, 0.2) is 6.61 Å². The first-order valence-electron chi connectivity index (χ1n) is 9.68. The highest BCUT2D eigenvalue weighted by Gasteiger charge is 2.34. The number of ether oxygens (including phenoxy) is 1. The molecule has 0 saturated carbocycles. The van der Waals surface area contributed by atoms with Crippen LogP contribution in [-0.4, -0.2) is 24.2 Å². The van der Waals surface area contributed by atoms with E-state index in [1.165, 1.54) is 0 Å². The lowest BCUT2D eigenvalue weighted by atomic mass is 10.1. The molecule has 2 amide bonds. The lowest BCUT2D eigenvalue weighted by molar-refractivity contribution is -0.118. The fourth-order valence-electron chi connectivity index (χ4n) is 3.29. The van der Waals surface area contributed by atoms with Gasteiger partial charge in [-0.25, -0.2) is 0 Å². The average molecular weight is 419 g/mol. The van der Waals surface area contributed by atoms with Gasteiger partial charge in [-0.05, 0) is 48.9 Å². The van der Waals surface area contributed by atoms with Gasteiger partial charge in [0.1, 0.15) is 11.1 Å². The van der Waals surface area contributed by atoms with Crippen LogP contribution in [0.2, 0.25) is 0 Å². The molecule has 1 aliphatic heterocycles. The molecule has 3 aromatic carbocycles. The minimum absolute atomic E-state index is 0.0691. The van der Waals surface area contributed by atoms with E-state index < -0.39 is 0 Å². The average Bonchev–Trinajstić information content (AvgIpc) is 3.15. The number of carbonyl (C=O) groups excluding carboxylic acids is 2. The SMILES string of the molecule is Cc1ccc(N2C(=O)CS[C@H]2c2cccc(NC(=O)COc3ccccc3)c2)cc1. The van der Waals surface area contributed by atoms with Crippen molar-refractivity contribution in [2.75, 3.05) is 22.6 Å². The Balaban J connectivity index is 1.46. The number of aryl methyl sites for hydroxylation is 1. The summed E-state index contributed by atoms with van der Waals surface area (Å²) in [5, 5.41) is 2.75. The van der Waals surface area contributed by atoms with Crippen LogP contribution in [0.15, 0.2) is 78.9 Å². The van der Waals surface area contributed by atoms with E-state index in [2.05, 4.69) is 5.32 Å². The van der Waals surface area contributed by atoms with Gasteiger partial charge < -0.3 is 10.1 Å². The Morgan fingerprint density at radius 2 is 1.83 bits per heavy atom. The molecule has 0 aromatic heterocycles. The number of hydrogen-bond donors (Lipinski definition) is 1. The first-order valence-corrected chi connectivity index (χ1v) is 10.7. The Kier molecular flexibility index (Phi) is 6.05. The Hall–Kier alpha value is -3.25. The van der Waals surface area contributed by atoms with Gasteiger partial charge in [0.2, 0.25) is 5.91 Å². The van der Waals surface area contributed by atoms with Gasteiger partial charge in [-0.3, -0.25) is 14.5 Å². The molecule has 1 atom stereocenters. The molecule has 6 heteroatoms. The maximum atomic E-state index is 12.5. The Morgan fingerprint density at radius 3 is 2.60 bits per heavy atom. The third-order valence-corrected chi connectivity index (χ3v) is 5.96. The highest BCUT2D eigenvalue weighted by Crippen LogP contribution is 2.42. The number of amides is 2. The number of nitrogens with zero attached hydrogens (tertiary/aromatic N) is 1. The number of thioether (sulfide) groups is 1. The number of rotatable bonds is 6. The number of benzene rings is 3. The number of anilines is 2. The standard InChI is InChI=1S/C24H22N2O3S/c1-17-10-12-20(13-11-17)26-23(28)16-30-24(26)18-6-5-7-19(14-18)25-22(27)15-29-21-8-3-2-4-9-21/h2-14,24H,15-16H2,1H3,(H,25,27)/t24-/m0/s1. The van der Waals surface area contributed by atoms with Crippen molar-refractivity contribution < 1.29 is 14.3 Å². The molecule has 1 aliphatic rings. The van der Waals surface area contributed by atoms with E-state index in [-0.39, 0.29) is 23.8 Å². The normalized spacial score (nSPS) is 15.8. The summed E-state index contributed by atoms with van der Waals surface area (Å²) in [5.41, 5.74) is 3.68. The van der Waals surface area contributed by atoms with Crippen LogP contribution in [-0.2, 0) is 9.59 Å². The summed E-state index contributed by atoms with van der Waals surface area (Å²) in [4.78, 5) is 26.7. The largest absolute Gasteiger partial charge is 0.484 e. The molecule has 3 aromatic rings. The highest BCUT2D eigenvalue weighted by molar-refractivity contribution is 8.00. The van der Waals surface area contributed by atoms with Gasteiger partial charge in [-0.1, -0.05) is 48.0 Å².